The summed E-state index contributed by atoms with van der Waals surface area (Å²) in [7, 11) is 4.11. The van der Waals surface area contributed by atoms with Gasteiger partial charge in [0.15, 0.2) is 0 Å². The van der Waals surface area contributed by atoms with Gasteiger partial charge in [-0.05, 0) is 61.9 Å². The Kier molecular flexibility index (Phi) is 7.56. The lowest BCUT2D eigenvalue weighted by Crippen LogP contribution is -2.31. The molecule has 0 bridgehead atoms. The van der Waals surface area contributed by atoms with Gasteiger partial charge < -0.3 is 15.5 Å². The highest BCUT2D eigenvalue weighted by Crippen LogP contribution is 2.32. The molecule has 2 aromatic carbocycles. The number of para-hydroxylation sites is 1. The predicted octanol–water partition coefficient (Wildman–Crippen LogP) is 6.47. The van der Waals surface area contributed by atoms with Gasteiger partial charge in [-0.25, -0.2) is 4.98 Å². The van der Waals surface area contributed by atoms with E-state index in [2.05, 4.69) is 58.0 Å². The number of hydrogen-bond donors (Lipinski definition) is 3. The molecule has 0 amide bonds. The first-order chi connectivity index (χ1) is 18.3. The third-order valence-corrected chi connectivity index (χ3v) is 7.34. The third-order valence-electron chi connectivity index (χ3n) is 7.34. The van der Waals surface area contributed by atoms with Gasteiger partial charge in [-0.15, -0.1) is 0 Å². The van der Waals surface area contributed by atoms with E-state index >= 15 is 0 Å². The number of H-pyrrole nitrogens is 1. The Balaban J connectivity index is 1.12. The standard InChI is InChI=1S/C29H33F3N6/c1-38(2)26-15-27(36-25-6-4-3-5-24(25)26)35-23-13-7-19(8-14-23)16-33-17-21-18-34-37-28(21)20-9-11-22(12-10-20)29(30,31)32/h3-6,9-12,15,18-19,23,33H,7-8,13-14,16-17H2,1-2H3,(H,34,37)(H,35,36). The second-order valence-electron chi connectivity index (χ2n) is 10.3. The van der Waals surface area contributed by atoms with E-state index in [1.54, 1.807) is 6.20 Å². The van der Waals surface area contributed by atoms with Gasteiger partial charge in [0.25, 0.3) is 0 Å². The molecule has 38 heavy (non-hydrogen) atoms. The van der Waals surface area contributed by atoms with Crippen LogP contribution in [0.3, 0.4) is 0 Å². The van der Waals surface area contributed by atoms with Gasteiger partial charge in [-0.2, -0.15) is 18.3 Å². The first kappa shape index (κ1) is 26.0. The van der Waals surface area contributed by atoms with E-state index in [1.807, 2.05) is 12.1 Å². The number of nitrogens with one attached hydrogen (secondary N) is 3. The Hall–Kier alpha value is -3.59. The predicted molar refractivity (Wildman–Crippen MR) is 146 cm³/mol. The molecule has 0 unspecified atom stereocenters. The normalized spacial score (nSPS) is 18.0. The van der Waals surface area contributed by atoms with Crippen LogP contribution < -0.4 is 15.5 Å². The summed E-state index contributed by atoms with van der Waals surface area (Å²) >= 11 is 0. The molecule has 9 heteroatoms. The third kappa shape index (κ3) is 5.93. The number of aromatic nitrogens is 3. The largest absolute Gasteiger partial charge is 0.416 e. The Morgan fingerprint density at radius 1 is 1.00 bits per heavy atom. The zero-order valence-corrected chi connectivity index (χ0v) is 21.6. The molecule has 200 valence electrons. The van der Waals surface area contributed by atoms with Crippen molar-refractivity contribution < 1.29 is 13.2 Å². The van der Waals surface area contributed by atoms with Gasteiger partial charge in [0.1, 0.15) is 5.82 Å². The van der Waals surface area contributed by atoms with Crippen molar-refractivity contribution >= 4 is 22.4 Å². The fraction of sp³-hybridized carbons (Fsp3) is 0.379. The van der Waals surface area contributed by atoms with Crippen LogP contribution in [0, 0.1) is 5.92 Å². The molecular weight excluding hydrogens is 489 g/mol. The molecule has 4 aromatic rings. The van der Waals surface area contributed by atoms with Crippen molar-refractivity contribution in [1.82, 2.24) is 20.5 Å². The van der Waals surface area contributed by atoms with Crippen LogP contribution in [0.5, 0.6) is 0 Å². The van der Waals surface area contributed by atoms with Crippen molar-refractivity contribution in [3.8, 4) is 11.3 Å². The van der Waals surface area contributed by atoms with Gasteiger partial charge in [0, 0.05) is 49.4 Å². The Morgan fingerprint density at radius 2 is 1.74 bits per heavy atom. The summed E-state index contributed by atoms with van der Waals surface area (Å²) in [6.07, 6.45) is 1.80. The number of nitrogens with zero attached hydrogens (tertiary/aromatic N) is 3. The summed E-state index contributed by atoms with van der Waals surface area (Å²) in [5.41, 5.74) is 3.89. The SMILES string of the molecule is CN(C)c1cc(NC2CCC(CNCc3cn[nH]c3-c3ccc(C(F)(F)F)cc3)CC2)nc2ccccc12. The topological polar surface area (TPSA) is 68.9 Å². The Labute approximate surface area is 220 Å². The number of aromatic amines is 1. The molecule has 1 aliphatic rings. The molecule has 0 spiro atoms. The van der Waals surface area contributed by atoms with Crippen LogP contribution >= 0.6 is 0 Å². The van der Waals surface area contributed by atoms with E-state index in [0.29, 0.717) is 24.1 Å². The number of anilines is 2. The van der Waals surface area contributed by atoms with Crippen molar-refractivity contribution in [2.24, 2.45) is 5.92 Å². The maximum Gasteiger partial charge on any atom is 0.416 e. The van der Waals surface area contributed by atoms with Crippen LogP contribution in [-0.2, 0) is 12.7 Å². The fourth-order valence-electron chi connectivity index (χ4n) is 5.25. The lowest BCUT2D eigenvalue weighted by molar-refractivity contribution is -0.137. The number of rotatable bonds is 8. The summed E-state index contributed by atoms with van der Waals surface area (Å²) in [4.78, 5) is 6.97. The number of pyridine rings is 1. The smallest absolute Gasteiger partial charge is 0.377 e. The highest BCUT2D eigenvalue weighted by Gasteiger charge is 2.30. The molecule has 1 fully saturated rings. The number of hydrogen-bond acceptors (Lipinski definition) is 5. The maximum absolute atomic E-state index is 12.9. The van der Waals surface area contributed by atoms with Crippen molar-refractivity contribution in [3.05, 3.63) is 71.9 Å². The molecule has 0 atom stereocenters. The van der Waals surface area contributed by atoms with E-state index in [-0.39, 0.29) is 0 Å². The molecule has 0 radical (unpaired) electrons. The molecule has 2 heterocycles. The molecule has 0 aliphatic heterocycles. The number of alkyl halides is 3. The number of halogens is 3. The van der Waals surface area contributed by atoms with Gasteiger partial charge in [0.2, 0.25) is 0 Å². The second kappa shape index (κ2) is 11.0. The summed E-state index contributed by atoms with van der Waals surface area (Å²) in [5.74, 6) is 1.50. The van der Waals surface area contributed by atoms with E-state index in [9.17, 15) is 13.2 Å². The minimum atomic E-state index is -4.34. The number of benzene rings is 2. The maximum atomic E-state index is 12.9. The monoisotopic (exact) mass is 522 g/mol. The average molecular weight is 523 g/mol. The van der Waals surface area contributed by atoms with E-state index in [1.165, 1.54) is 12.1 Å². The molecule has 3 N–H and O–H groups in total. The van der Waals surface area contributed by atoms with Crippen LogP contribution in [0.1, 0.15) is 36.8 Å². The molecular formula is C29H33F3N6. The van der Waals surface area contributed by atoms with Gasteiger partial charge in [-0.1, -0.05) is 30.3 Å². The van der Waals surface area contributed by atoms with Crippen molar-refractivity contribution in [2.45, 2.75) is 44.4 Å². The van der Waals surface area contributed by atoms with Crippen molar-refractivity contribution in [3.63, 3.8) is 0 Å². The lowest BCUT2D eigenvalue weighted by atomic mass is 9.86. The van der Waals surface area contributed by atoms with Crippen LogP contribution in [0.15, 0.2) is 60.8 Å². The second-order valence-corrected chi connectivity index (χ2v) is 10.3. The molecule has 5 rings (SSSR count). The van der Waals surface area contributed by atoms with Crippen molar-refractivity contribution in [2.75, 3.05) is 30.9 Å². The lowest BCUT2D eigenvalue weighted by Gasteiger charge is -2.30. The summed E-state index contributed by atoms with van der Waals surface area (Å²) in [6.45, 7) is 1.50. The van der Waals surface area contributed by atoms with E-state index in [0.717, 1.165) is 78.0 Å². The van der Waals surface area contributed by atoms with Gasteiger partial charge in [0.05, 0.1) is 23.0 Å². The van der Waals surface area contributed by atoms with Crippen LogP contribution in [0.4, 0.5) is 24.7 Å². The zero-order valence-electron chi connectivity index (χ0n) is 21.6. The Bertz CT molecular complexity index is 1360. The fourth-order valence-corrected chi connectivity index (χ4v) is 5.25. The van der Waals surface area contributed by atoms with Gasteiger partial charge in [-0.3, -0.25) is 5.10 Å². The van der Waals surface area contributed by atoms with Gasteiger partial charge >= 0.3 is 6.18 Å². The molecule has 6 nitrogen and oxygen atoms in total. The minimum Gasteiger partial charge on any atom is -0.377 e. The molecule has 2 aromatic heterocycles. The summed E-state index contributed by atoms with van der Waals surface area (Å²) < 4.78 is 38.6. The highest BCUT2D eigenvalue weighted by molar-refractivity contribution is 5.93. The molecule has 1 saturated carbocycles. The summed E-state index contributed by atoms with van der Waals surface area (Å²) in [5, 5.41) is 15.4. The van der Waals surface area contributed by atoms with E-state index < -0.39 is 11.7 Å². The van der Waals surface area contributed by atoms with Crippen LogP contribution in [0.2, 0.25) is 0 Å². The van der Waals surface area contributed by atoms with Crippen molar-refractivity contribution in [1.29, 1.82) is 0 Å². The first-order valence-corrected chi connectivity index (χ1v) is 13.0. The minimum absolute atomic E-state index is 0.398. The van der Waals surface area contributed by atoms with Crippen LogP contribution in [0.25, 0.3) is 22.2 Å². The zero-order chi connectivity index (χ0) is 26.7. The molecule has 1 aliphatic carbocycles. The summed E-state index contributed by atoms with van der Waals surface area (Å²) in [6, 6.07) is 15.9. The van der Waals surface area contributed by atoms with Crippen LogP contribution in [-0.4, -0.2) is 41.9 Å². The quantitative estimate of drug-likeness (QED) is 0.247. The Morgan fingerprint density at radius 3 is 2.45 bits per heavy atom. The average Bonchev–Trinajstić information content (AvgIpc) is 3.37. The number of fused-ring (bicyclic) bond motifs is 1. The van der Waals surface area contributed by atoms with E-state index in [4.69, 9.17) is 4.98 Å². The molecule has 0 saturated heterocycles. The highest BCUT2D eigenvalue weighted by atomic mass is 19.4. The first-order valence-electron chi connectivity index (χ1n) is 13.0.